The average molecular weight is 459 g/mol. The molecule has 0 aliphatic rings. The third-order valence-corrected chi connectivity index (χ3v) is 6.74. The molecule has 0 unspecified atom stereocenters. The maximum atomic E-state index is 13.2. The van der Waals surface area contributed by atoms with E-state index in [0.717, 1.165) is 39.6 Å². The SMILES string of the molecule is Cc1cc(CSc2ccccc2)ccc1NC(=O)CN(c1ccc(F)cc1)S(C)(=O)=O. The Morgan fingerprint density at radius 1 is 1.03 bits per heavy atom. The molecule has 0 radical (unpaired) electrons. The van der Waals surface area contributed by atoms with Gasteiger partial charge in [-0.2, -0.15) is 0 Å². The molecule has 0 aliphatic heterocycles. The van der Waals surface area contributed by atoms with Crippen LogP contribution in [0.15, 0.2) is 77.7 Å². The summed E-state index contributed by atoms with van der Waals surface area (Å²) in [5, 5.41) is 2.77. The van der Waals surface area contributed by atoms with Gasteiger partial charge in [-0.05, 0) is 60.5 Å². The topological polar surface area (TPSA) is 66.5 Å². The molecule has 3 rings (SSSR count). The molecule has 0 spiro atoms. The van der Waals surface area contributed by atoms with E-state index in [0.29, 0.717) is 5.69 Å². The Labute approximate surface area is 186 Å². The first kappa shape index (κ1) is 22.8. The fourth-order valence-electron chi connectivity index (χ4n) is 2.97. The van der Waals surface area contributed by atoms with Gasteiger partial charge in [0.2, 0.25) is 15.9 Å². The summed E-state index contributed by atoms with van der Waals surface area (Å²) >= 11 is 1.72. The number of hydrogen-bond acceptors (Lipinski definition) is 4. The number of sulfonamides is 1. The molecule has 0 atom stereocenters. The molecule has 162 valence electrons. The van der Waals surface area contributed by atoms with Gasteiger partial charge in [0.25, 0.3) is 0 Å². The Morgan fingerprint density at radius 3 is 2.32 bits per heavy atom. The molecule has 0 aliphatic carbocycles. The Kier molecular flexibility index (Phi) is 7.35. The van der Waals surface area contributed by atoms with Crippen LogP contribution in [0.2, 0.25) is 0 Å². The molecule has 0 saturated carbocycles. The van der Waals surface area contributed by atoms with Crippen molar-refractivity contribution >= 4 is 39.1 Å². The minimum atomic E-state index is -3.72. The molecule has 0 aromatic heterocycles. The molecule has 8 heteroatoms. The number of anilines is 2. The quantitative estimate of drug-likeness (QED) is 0.491. The lowest BCUT2D eigenvalue weighted by Crippen LogP contribution is -2.37. The number of aryl methyl sites for hydroxylation is 1. The maximum Gasteiger partial charge on any atom is 0.245 e. The Bertz CT molecular complexity index is 1150. The Morgan fingerprint density at radius 2 is 1.71 bits per heavy atom. The van der Waals surface area contributed by atoms with E-state index in [9.17, 15) is 17.6 Å². The lowest BCUT2D eigenvalue weighted by atomic mass is 10.1. The van der Waals surface area contributed by atoms with Gasteiger partial charge < -0.3 is 5.32 Å². The van der Waals surface area contributed by atoms with Crippen LogP contribution < -0.4 is 9.62 Å². The van der Waals surface area contributed by atoms with Gasteiger partial charge in [0.15, 0.2) is 0 Å². The van der Waals surface area contributed by atoms with Crippen LogP contribution in [0, 0.1) is 12.7 Å². The molecule has 3 aromatic rings. The number of carbonyl (C=O) groups excluding carboxylic acids is 1. The van der Waals surface area contributed by atoms with E-state index in [4.69, 9.17) is 0 Å². The zero-order chi connectivity index (χ0) is 22.4. The number of thioether (sulfide) groups is 1. The number of carbonyl (C=O) groups is 1. The van der Waals surface area contributed by atoms with Crippen molar-refractivity contribution in [1.29, 1.82) is 0 Å². The second-order valence-electron chi connectivity index (χ2n) is 7.05. The summed E-state index contributed by atoms with van der Waals surface area (Å²) in [7, 11) is -3.72. The number of benzene rings is 3. The van der Waals surface area contributed by atoms with Crippen LogP contribution in [-0.4, -0.2) is 27.1 Å². The predicted molar refractivity (Wildman–Crippen MR) is 124 cm³/mol. The first-order valence-electron chi connectivity index (χ1n) is 9.53. The van der Waals surface area contributed by atoms with Crippen molar-refractivity contribution in [3.8, 4) is 0 Å². The third kappa shape index (κ3) is 6.57. The molecule has 0 heterocycles. The highest BCUT2D eigenvalue weighted by atomic mass is 32.2. The van der Waals surface area contributed by atoms with Crippen molar-refractivity contribution < 1.29 is 17.6 Å². The second-order valence-corrected chi connectivity index (χ2v) is 10.0. The average Bonchev–Trinajstić information content (AvgIpc) is 2.73. The first-order valence-corrected chi connectivity index (χ1v) is 12.4. The van der Waals surface area contributed by atoms with Crippen molar-refractivity contribution in [2.75, 3.05) is 22.4 Å². The fraction of sp³-hybridized carbons (Fsp3) is 0.174. The van der Waals surface area contributed by atoms with Gasteiger partial charge >= 0.3 is 0 Å². The Balaban J connectivity index is 1.66. The van der Waals surface area contributed by atoms with Gasteiger partial charge in [0.1, 0.15) is 12.4 Å². The third-order valence-electron chi connectivity index (χ3n) is 4.52. The van der Waals surface area contributed by atoms with Gasteiger partial charge in [0, 0.05) is 16.3 Å². The van der Waals surface area contributed by atoms with E-state index >= 15 is 0 Å². The van der Waals surface area contributed by atoms with Crippen molar-refractivity contribution in [3.05, 3.63) is 89.7 Å². The highest BCUT2D eigenvalue weighted by Gasteiger charge is 2.21. The van der Waals surface area contributed by atoms with E-state index in [1.807, 2.05) is 43.3 Å². The first-order chi connectivity index (χ1) is 14.7. The summed E-state index contributed by atoms with van der Waals surface area (Å²) in [4.78, 5) is 13.7. The van der Waals surface area contributed by atoms with E-state index in [2.05, 4.69) is 17.4 Å². The zero-order valence-corrected chi connectivity index (χ0v) is 18.8. The molecule has 31 heavy (non-hydrogen) atoms. The highest BCUT2D eigenvalue weighted by Crippen LogP contribution is 2.25. The molecular weight excluding hydrogens is 435 g/mol. The number of amides is 1. The zero-order valence-electron chi connectivity index (χ0n) is 17.2. The normalized spacial score (nSPS) is 11.2. The van der Waals surface area contributed by atoms with Crippen LogP contribution in [-0.2, 0) is 20.6 Å². The van der Waals surface area contributed by atoms with Crippen LogP contribution in [0.4, 0.5) is 15.8 Å². The lowest BCUT2D eigenvalue weighted by molar-refractivity contribution is -0.114. The van der Waals surface area contributed by atoms with Crippen molar-refractivity contribution in [2.45, 2.75) is 17.6 Å². The summed E-state index contributed by atoms with van der Waals surface area (Å²) in [5.74, 6) is -0.169. The monoisotopic (exact) mass is 458 g/mol. The van der Waals surface area contributed by atoms with Gasteiger partial charge in [-0.3, -0.25) is 9.10 Å². The summed E-state index contributed by atoms with van der Waals surface area (Å²) in [6, 6.07) is 20.8. The van der Waals surface area contributed by atoms with Gasteiger partial charge in [-0.15, -0.1) is 11.8 Å². The summed E-state index contributed by atoms with van der Waals surface area (Å²) in [5.41, 5.74) is 2.84. The van der Waals surface area contributed by atoms with Crippen LogP contribution in [0.5, 0.6) is 0 Å². The lowest BCUT2D eigenvalue weighted by Gasteiger charge is -2.22. The minimum Gasteiger partial charge on any atom is -0.324 e. The summed E-state index contributed by atoms with van der Waals surface area (Å²) in [6.45, 7) is 1.48. The highest BCUT2D eigenvalue weighted by molar-refractivity contribution is 7.98. The van der Waals surface area contributed by atoms with Crippen molar-refractivity contribution in [2.24, 2.45) is 0 Å². The summed E-state index contributed by atoms with van der Waals surface area (Å²) < 4.78 is 38.4. The smallest absolute Gasteiger partial charge is 0.245 e. The van der Waals surface area contributed by atoms with E-state index in [1.54, 1.807) is 11.8 Å². The van der Waals surface area contributed by atoms with Crippen molar-refractivity contribution in [1.82, 2.24) is 0 Å². The molecular formula is C23H23FN2O3S2. The van der Waals surface area contributed by atoms with Crippen molar-refractivity contribution in [3.63, 3.8) is 0 Å². The van der Waals surface area contributed by atoms with Gasteiger partial charge in [-0.25, -0.2) is 12.8 Å². The van der Waals surface area contributed by atoms with Gasteiger partial charge in [-0.1, -0.05) is 30.3 Å². The minimum absolute atomic E-state index is 0.226. The maximum absolute atomic E-state index is 13.2. The van der Waals surface area contributed by atoms with Crippen LogP contribution >= 0.6 is 11.8 Å². The fourth-order valence-corrected chi connectivity index (χ4v) is 4.69. The van der Waals surface area contributed by atoms with E-state index < -0.39 is 28.3 Å². The molecule has 0 fully saturated rings. The van der Waals surface area contributed by atoms with Crippen LogP contribution in [0.1, 0.15) is 11.1 Å². The second kappa shape index (κ2) is 9.98. The number of nitrogens with one attached hydrogen (secondary N) is 1. The number of nitrogens with zero attached hydrogens (tertiary/aromatic N) is 1. The molecule has 3 aromatic carbocycles. The largest absolute Gasteiger partial charge is 0.324 e. The number of halogens is 1. The molecule has 1 N–H and O–H groups in total. The summed E-state index contributed by atoms with van der Waals surface area (Å²) in [6.07, 6.45) is 1.01. The molecule has 1 amide bonds. The molecule has 0 bridgehead atoms. The molecule has 0 saturated heterocycles. The van der Waals surface area contributed by atoms with E-state index in [-0.39, 0.29) is 5.69 Å². The Hall–Kier alpha value is -2.84. The van der Waals surface area contributed by atoms with Crippen LogP contribution in [0.25, 0.3) is 0 Å². The number of rotatable bonds is 8. The van der Waals surface area contributed by atoms with Gasteiger partial charge in [0.05, 0.1) is 11.9 Å². The molecule has 5 nitrogen and oxygen atoms in total. The van der Waals surface area contributed by atoms with E-state index in [1.165, 1.54) is 17.0 Å². The number of hydrogen-bond donors (Lipinski definition) is 1. The predicted octanol–water partition coefficient (Wildman–Crippen LogP) is 4.83. The standard InChI is InChI=1S/C23H23FN2O3S2/c1-17-14-18(16-30-21-6-4-3-5-7-21)8-13-22(17)25-23(27)15-26(31(2,28)29)20-11-9-19(24)10-12-20/h3-14H,15-16H2,1-2H3,(H,25,27). The van der Waals surface area contributed by atoms with Crippen LogP contribution in [0.3, 0.4) is 0 Å².